The highest BCUT2D eigenvalue weighted by atomic mass is 32.2. The van der Waals surface area contributed by atoms with E-state index in [1.54, 1.807) is 24.3 Å². The number of hydrogen-bond acceptors (Lipinski definition) is 6. The SMILES string of the molecule is CCc1[nH]nc2cc(OCCNC[C@H](O)c3cccc(NS(=O)(=O)C4CCC4)c3)ccc12. The zero-order valence-electron chi connectivity index (χ0n) is 18.2. The van der Waals surface area contributed by atoms with Crippen LogP contribution in [0.5, 0.6) is 5.75 Å². The minimum absolute atomic E-state index is 0.305. The van der Waals surface area contributed by atoms with Crippen LogP contribution in [0.15, 0.2) is 42.5 Å². The molecule has 1 aliphatic rings. The van der Waals surface area contributed by atoms with Crippen molar-refractivity contribution in [3.8, 4) is 5.75 Å². The van der Waals surface area contributed by atoms with Crippen LogP contribution in [0.2, 0.25) is 0 Å². The average Bonchev–Trinajstić information content (AvgIpc) is 3.14. The predicted octanol–water partition coefficient (Wildman–Crippen LogP) is 3.12. The second-order valence-corrected chi connectivity index (χ2v) is 10.1. The van der Waals surface area contributed by atoms with Gasteiger partial charge < -0.3 is 15.2 Å². The zero-order valence-corrected chi connectivity index (χ0v) is 19.0. The van der Waals surface area contributed by atoms with Crippen LogP contribution in [0.3, 0.4) is 0 Å². The summed E-state index contributed by atoms with van der Waals surface area (Å²) in [6.07, 6.45) is 2.52. The molecule has 0 bridgehead atoms. The number of benzene rings is 2. The number of hydrogen-bond donors (Lipinski definition) is 4. The van der Waals surface area contributed by atoms with Crippen molar-refractivity contribution in [3.05, 3.63) is 53.7 Å². The molecular formula is C23H30N4O4S. The molecule has 0 amide bonds. The number of fused-ring (bicyclic) bond motifs is 1. The van der Waals surface area contributed by atoms with Gasteiger partial charge in [0, 0.05) is 35.9 Å². The number of sulfonamides is 1. The van der Waals surface area contributed by atoms with E-state index in [1.807, 2.05) is 18.2 Å². The number of aliphatic hydroxyl groups excluding tert-OH is 1. The molecular weight excluding hydrogens is 428 g/mol. The normalized spacial score (nSPS) is 15.4. The Hall–Kier alpha value is -2.62. The molecule has 0 aliphatic heterocycles. The van der Waals surface area contributed by atoms with E-state index in [4.69, 9.17) is 4.74 Å². The molecule has 1 atom stereocenters. The topological polar surface area (TPSA) is 116 Å². The fourth-order valence-electron chi connectivity index (χ4n) is 3.74. The van der Waals surface area contributed by atoms with Gasteiger partial charge in [0.1, 0.15) is 12.4 Å². The Labute approximate surface area is 188 Å². The first-order chi connectivity index (χ1) is 15.5. The first-order valence-electron chi connectivity index (χ1n) is 11.1. The van der Waals surface area contributed by atoms with Crippen LogP contribution in [-0.4, -0.2) is 48.7 Å². The summed E-state index contributed by atoms with van der Waals surface area (Å²) in [5.74, 6) is 0.750. The molecule has 1 aromatic heterocycles. The third kappa shape index (κ3) is 5.23. The average molecular weight is 459 g/mol. The second kappa shape index (κ2) is 9.89. The molecule has 1 saturated carbocycles. The molecule has 0 radical (unpaired) electrons. The molecule has 8 nitrogen and oxygen atoms in total. The van der Waals surface area contributed by atoms with Gasteiger partial charge in [0.05, 0.1) is 16.9 Å². The van der Waals surface area contributed by atoms with Gasteiger partial charge in [-0.05, 0) is 49.1 Å². The summed E-state index contributed by atoms with van der Waals surface area (Å²) in [7, 11) is -3.35. The summed E-state index contributed by atoms with van der Waals surface area (Å²) in [5.41, 5.74) is 3.14. The van der Waals surface area contributed by atoms with E-state index in [0.717, 1.165) is 35.2 Å². The minimum atomic E-state index is -3.35. The van der Waals surface area contributed by atoms with Crippen LogP contribution in [0.25, 0.3) is 10.9 Å². The fourth-order valence-corrected chi connectivity index (χ4v) is 5.32. The highest BCUT2D eigenvalue weighted by Gasteiger charge is 2.31. The summed E-state index contributed by atoms with van der Waals surface area (Å²) >= 11 is 0. The van der Waals surface area contributed by atoms with Crippen LogP contribution in [0.4, 0.5) is 5.69 Å². The largest absolute Gasteiger partial charge is 0.492 e. The van der Waals surface area contributed by atoms with Gasteiger partial charge in [-0.1, -0.05) is 25.5 Å². The highest BCUT2D eigenvalue weighted by molar-refractivity contribution is 7.93. The number of rotatable bonds is 11. The standard InChI is InChI=1S/C23H30N4O4S/c1-2-21-20-10-9-18(14-22(20)26-25-21)31-12-11-24-15-23(28)16-5-3-6-17(13-16)27-32(29,30)19-7-4-8-19/h3,5-6,9-10,13-14,19,23-24,27-28H,2,4,7-8,11-12,15H2,1H3,(H,25,26)/t23-/m0/s1. The van der Waals surface area contributed by atoms with E-state index in [2.05, 4.69) is 27.2 Å². The lowest BCUT2D eigenvalue weighted by atomic mass is 10.0. The lowest BCUT2D eigenvalue weighted by Crippen LogP contribution is -2.33. The first kappa shape index (κ1) is 22.6. The van der Waals surface area contributed by atoms with Crippen LogP contribution in [-0.2, 0) is 16.4 Å². The number of aromatic nitrogens is 2. The number of H-pyrrole nitrogens is 1. The van der Waals surface area contributed by atoms with E-state index >= 15 is 0 Å². The summed E-state index contributed by atoms with van der Waals surface area (Å²) in [6.45, 7) is 3.43. The van der Waals surface area contributed by atoms with Crippen LogP contribution in [0, 0.1) is 0 Å². The summed E-state index contributed by atoms with van der Waals surface area (Å²) in [5, 5.41) is 21.8. The molecule has 4 rings (SSSR count). The molecule has 1 aliphatic carbocycles. The molecule has 4 N–H and O–H groups in total. The Morgan fingerprint density at radius 3 is 2.84 bits per heavy atom. The van der Waals surface area contributed by atoms with Gasteiger partial charge in [-0.15, -0.1) is 0 Å². The Morgan fingerprint density at radius 1 is 1.25 bits per heavy atom. The summed E-state index contributed by atoms with van der Waals surface area (Å²) < 4.78 is 33.0. The Balaban J connectivity index is 1.23. The van der Waals surface area contributed by atoms with Crippen molar-refractivity contribution in [1.82, 2.24) is 15.5 Å². The Bertz CT molecular complexity index is 1160. The molecule has 32 heavy (non-hydrogen) atoms. The van der Waals surface area contributed by atoms with E-state index in [0.29, 0.717) is 43.8 Å². The lowest BCUT2D eigenvalue weighted by Gasteiger charge is -2.25. The fraction of sp³-hybridized carbons (Fsp3) is 0.435. The summed E-state index contributed by atoms with van der Waals surface area (Å²) in [6, 6.07) is 12.8. The minimum Gasteiger partial charge on any atom is -0.492 e. The molecule has 172 valence electrons. The zero-order chi connectivity index (χ0) is 22.6. The van der Waals surface area contributed by atoms with Crippen LogP contribution >= 0.6 is 0 Å². The monoisotopic (exact) mass is 458 g/mol. The van der Waals surface area contributed by atoms with Crippen molar-refractivity contribution < 1.29 is 18.3 Å². The number of aliphatic hydroxyl groups is 1. The Morgan fingerprint density at radius 2 is 2.09 bits per heavy atom. The number of nitrogens with one attached hydrogen (secondary N) is 3. The maximum absolute atomic E-state index is 12.3. The van der Waals surface area contributed by atoms with Crippen LogP contribution in [0.1, 0.15) is 43.5 Å². The van der Waals surface area contributed by atoms with Gasteiger partial charge in [0.2, 0.25) is 10.0 Å². The van der Waals surface area contributed by atoms with E-state index in [-0.39, 0.29) is 5.25 Å². The van der Waals surface area contributed by atoms with Crippen molar-refractivity contribution in [2.75, 3.05) is 24.4 Å². The molecule has 1 heterocycles. The van der Waals surface area contributed by atoms with Gasteiger partial charge in [0.25, 0.3) is 0 Å². The van der Waals surface area contributed by atoms with Gasteiger partial charge >= 0.3 is 0 Å². The van der Waals surface area contributed by atoms with Crippen molar-refractivity contribution >= 4 is 26.6 Å². The molecule has 2 aromatic carbocycles. The lowest BCUT2D eigenvalue weighted by molar-refractivity contribution is 0.172. The van der Waals surface area contributed by atoms with Gasteiger partial charge in [-0.2, -0.15) is 5.10 Å². The third-order valence-corrected chi connectivity index (χ3v) is 7.74. The van der Waals surface area contributed by atoms with E-state index in [9.17, 15) is 13.5 Å². The van der Waals surface area contributed by atoms with Gasteiger partial charge in [-0.3, -0.25) is 9.82 Å². The molecule has 0 saturated heterocycles. The molecule has 0 spiro atoms. The smallest absolute Gasteiger partial charge is 0.235 e. The van der Waals surface area contributed by atoms with Crippen molar-refractivity contribution in [1.29, 1.82) is 0 Å². The number of aryl methyl sites for hydroxylation is 1. The number of ether oxygens (including phenoxy) is 1. The molecule has 1 fully saturated rings. The quantitative estimate of drug-likeness (QED) is 0.328. The molecule has 0 unspecified atom stereocenters. The Kier molecular flexibility index (Phi) is 6.98. The summed E-state index contributed by atoms with van der Waals surface area (Å²) in [4.78, 5) is 0. The van der Waals surface area contributed by atoms with E-state index < -0.39 is 16.1 Å². The second-order valence-electron chi connectivity index (χ2n) is 8.13. The van der Waals surface area contributed by atoms with Crippen molar-refractivity contribution in [2.24, 2.45) is 0 Å². The molecule has 9 heteroatoms. The highest BCUT2D eigenvalue weighted by Crippen LogP contribution is 2.28. The van der Waals surface area contributed by atoms with Gasteiger partial charge in [0.15, 0.2) is 0 Å². The number of anilines is 1. The first-order valence-corrected chi connectivity index (χ1v) is 12.6. The maximum atomic E-state index is 12.3. The number of nitrogens with zero attached hydrogens (tertiary/aromatic N) is 1. The predicted molar refractivity (Wildman–Crippen MR) is 125 cm³/mol. The number of aromatic amines is 1. The van der Waals surface area contributed by atoms with Crippen molar-refractivity contribution in [2.45, 2.75) is 44.0 Å². The third-order valence-electron chi connectivity index (χ3n) is 5.87. The van der Waals surface area contributed by atoms with E-state index in [1.165, 1.54) is 0 Å². The van der Waals surface area contributed by atoms with Gasteiger partial charge in [-0.25, -0.2) is 8.42 Å². The maximum Gasteiger partial charge on any atom is 0.235 e. The van der Waals surface area contributed by atoms with Crippen LogP contribution < -0.4 is 14.8 Å². The van der Waals surface area contributed by atoms with Crippen molar-refractivity contribution in [3.63, 3.8) is 0 Å². The molecule has 3 aromatic rings.